The SMILES string of the molecule is CC(C)N(C(C)C)C1C=CC=C1B(O)O. The van der Waals surface area contributed by atoms with E-state index in [-0.39, 0.29) is 6.04 Å². The van der Waals surface area contributed by atoms with E-state index in [0.29, 0.717) is 17.6 Å². The van der Waals surface area contributed by atoms with Crippen molar-refractivity contribution in [3.05, 3.63) is 23.7 Å². The van der Waals surface area contributed by atoms with Crippen molar-refractivity contribution in [2.24, 2.45) is 0 Å². The Labute approximate surface area is 92.2 Å². The molecular weight excluding hydrogens is 189 g/mol. The van der Waals surface area contributed by atoms with Crippen molar-refractivity contribution in [1.29, 1.82) is 0 Å². The zero-order valence-electron chi connectivity index (χ0n) is 9.88. The van der Waals surface area contributed by atoms with Crippen molar-refractivity contribution in [3.8, 4) is 0 Å². The van der Waals surface area contributed by atoms with Gasteiger partial charge in [-0.2, -0.15) is 0 Å². The molecule has 0 aromatic heterocycles. The van der Waals surface area contributed by atoms with Crippen LogP contribution in [0.3, 0.4) is 0 Å². The summed E-state index contributed by atoms with van der Waals surface area (Å²) in [4.78, 5) is 2.26. The third-order valence-electron chi connectivity index (χ3n) is 2.74. The van der Waals surface area contributed by atoms with Gasteiger partial charge in [-0.25, -0.2) is 0 Å². The number of allylic oxidation sites excluding steroid dienone is 2. The van der Waals surface area contributed by atoms with E-state index in [2.05, 4.69) is 32.6 Å². The van der Waals surface area contributed by atoms with Crippen LogP contribution in [0.4, 0.5) is 0 Å². The molecular formula is C11H20BNO2. The number of hydrogen-bond donors (Lipinski definition) is 2. The molecule has 0 amide bonds. The van der Waals surface area contributed by atoms with Crippen molar-refractivity contribution in [1.82, 2.24) is 4.90 Å². The number of nitrogens with zero attached hydrogens (tertiary/aromatic N) is 1. The van der Waals surface area contributed by atoms with E-state index < -0.39 is 7.12 Å². The lowest BCUT2D eigenvalue weighted by Gasteiger charge is -2.36. The normalized spacial score (nSPS) is 20.6. The zero-order valence-corrected chi connectivity index (χ0v) is 9.88. The Morgan fingerprint density at radius 3 is 2.13 bits per heavy atom. The van der Waals surface area contributed by atoms with Gasteiger partial charge < -0.3 is 10.0 Å². The van der Waals surface area contributed by atoms with Gasteiger partial charge in [0.1, 0.15) is 0 Å². The van der Waals surface area contributed by atoms with Gasteiger partial charge in [-0.05, 0) is 33.2 Å². The Morgan fingerprint density at radius 1 is 1.20 bits per heavy atom. The van der Waals surface area contributed by atoms with Crippen LogP contribution in [0.1, 0.15) is 27.7 Å². The summed E-state index contributed by atoms with van der Waals surface area (Å²) in [7, 11) is -1.36. The monoisotopic (exact) mass is 209 g/mol. The van der Waals surface area contributed by atoms with Crippen molar-refractivity contribution in [2.75, 3.05) is 0 Å². The molecule has 0 aliphatic heterocycles. The van der Waals surface area contributed by atoms with Gasteiger partial charge in [0.25, 0.3) is 0 Å². The third kappa shape index (κ3) is 2.71. The average Bonchev–Trinajstić information content (AvgIpc) is 2.51. The molecule has 0 saturated heterocycles. The van der Waals surface area contributed by atoms with Crippen LogP contribution in [0, 0.1) is 0 Å². The number of rotatable bonds is 4. The average molecular weight is 209 g/mol. The van der Waals surface area contributed by atoms with Crippen LogP contribution >= 0.6 is 0 Å². The van der Waals surface area contributed by atoms with Crippen LogP contribution in [-0.4, -0.2) is 40.2 Å². The minimum absolute atomic E-state index is 0.0185. The highest BCUT2D eigenvalue weighted by molar-refractivity contribution is 6.51. The highest BCUT2D eigenvalue weighted by Gasteiger charge is 2.31. The van der Waals surface area contributed by atoms with Crippen molar-refractivity contribution in [3.63, 3.8) is 0 Å². The highest BCUT2D eigenvalue weighted by atomic mass is 16.4. The fourth-order valence-electron chi connectivity index (χ4n) is 2.23. The highest BCUT2D eigenvalue weighted by Crippen LogP contribution is 2.23. The van der Waals surface area contributed by atoms with Crippen LogP contribution in [0.5, 0.6) is 0 Å². The Morgan fingerprint density at radius 2 is 1.73 bits per heavy atom. The third-order valence-corrected chi connectivity index (χ3v) is 2.74. The minimum Gasteiger partial charge on any atom is -0.423 e. The van der Waals surface area contributed by atoms with Crippen LogP contribution in [-0.2, 0) is 0 Å². The molecule has 0 radical (unpaired) electrons. The molecule has 0 aromatic carbocycles. The molecule has 1 atom stereocenters. The van der Waals surface area contributed by atoms with Gasteiger partial charge in [-0.15, -0.1) is 0 Å². The second-order valence-corrected chi connectivity index (χ2v) is 4.50. The molecule has 0 heterocycles. The van der Waals surface area contributed by atoms with E-state index in [1.54, 1.807) is 6.08 Å². The first kappa shape index (κ1) is 12.5. The lowest BCUT2D eigenvalue weighted by Crippen LogP contribution is -2.46. The predicted octanol–water partition coefficient (Wildman–Crippen LogP) is 0.982. The molecule has 84 valence electrons. The molecule has 1 rings (SSSR count). The maximum Gasteiger partial charge on any atom is 0.486 e. The predicted molar refractivity (Wildman–Crippen MR) is 63.3 cm³/mol. The first-order valence-corrected chi connectivity index (χ1v) is 5.47. The number of hydrogen-bond acceptors (Lipinski definition) is 3. The summed E-state index contributed by atoms with van der Waals surface area (Å²) < 4.78 is 0. The minimum atomic E-state index is -1.36. The van der Waals surface area contributed by atoms with E-state index in [1.807, 2.05) is 12.2 Å². The molecule has 0 spiro atoms. The second kappa shape index (κ2) is 4.97. The van der Waals surface area contributed by atoms with E-state index in [9.17, 15) is 10.0 Å². The molecule has 0 saturated carbocycles. The second-order valence-electron chi connectivity index (χ2n) is 4.50. The zero-order chi connectivity index (χ0) is 11.6. The Bertz CT molecular complexity index is 264. The summed E-state index contributed by atoms with van der Waals surface area (Å²) in [5, 5.41) is 18.5. The molecule has 0 aromatic rings. The maximum atomic E-state index is 9.26. The molecule has 1 unspecified atom stereocenters. The van der Waals surface area contributed by atoms with Crippen LogP contribution in [0.2, 0.25) is 0 Å². The van der Waals surface area contributed by atoms with Crippen molar-refractivity contribution >= 4 is 7.12 Å². The Kier molecular flexibility index (Phi) is 4.14. The fraction of sp³-hybridized carbons (Fsp3) is 0.636. The molecule has 4 heteroatoms. The Balaban J connectivity index is 2.86. The summed E-state index contributed by atoms with van der Waals surface area (Å²) in [6.45, 7) is 8.47. The fourth-order valence-corrected chi connectivity index (χ4v) is 2.23. The topological polar surface area (TPSA) is 43.7 Å². The first-order valence-electron chi connectivity index (χ1n) is 5.47. The van der Waals surface area contributed by atoms with Crippen LogP contribution in [0.15, 0.2) is 23.7 Å². The van der Waals surface area contributed by atoms with E-state index in [0.717, 1.165) is 0 Å². The summed E-state index contributed by atoms with van der Waals surface area (Å²) in [5.74, 6) is 0. The van der Waals surface area contributed by atoms with Gasteiger partial charge in [0.05, 0.1) is 0 Å². The van der Waals surface area contributed by atoms with Gasteiger partial charge in [-0.1, -0.05) is 18.2 Å². The lowest BCUT2D eigenvalue weighted by atomic mass is 9.75. The standard InChI is InChI=1S/C11H20BNO2/c1-8(2)13(9(3)4)11-7-5-6-10(11)12(14)15/h5-9,11,14-15H,1-4H3. The molecule has 3 nitrogen and oxygen atoms in total. The largest absolute Gasteiger partial charge is 0.486 e. The molecule has 1 aliphatic carbocycles. The molecule has 0 bridgehead atoms. The van der Waals surface area contributed by atoms with Crippen molar-refractivity contribution < 1.29 is 10.0 Å². The van der Waals surface area contributed by atoms with E-state index >= 15 is 0 Å². The van der Waals surface area contributed by atoms with Gasteiger partial charge in [0.2, 0.25) is 0 Å². The van der Waals surface area contributed by atoms with Gasteiger partial charge in [-0.3, -0.25) is 4.90 Å². The van der Waals surface area contributed by atoms with E-state index in [4.69, 9.17) is 0 Å². The first-order chi connectivity index (χ1) is 6.95. The maximum absolute atomic E-state index is 9.26. The van der Waals surface area contributed by atoms with Gasteiger partial charge >= 0.3 is 7.12 Å². The van der Waals surface area contributed by atoms with Crippen LogP contribution < -0.4 is 0 Å². The summed E-state index contributed by atoms with van der Waals surface area (Å²) >= 11 is 0. The molecule has 1 aliphatic rings. The van der Waals surface area contributed by atoms with Crippen molar-refractivity contribution in [2.45, 2.75) is 45.8 Å². The molecule has 15 heavy (non-hydrogen) atoms. The quantitative estimate of drug-likeness (QED) is 0.678. The van der Waals surface area contributed by atoms with Crippen LogP contribution in [0.25, 0.3) is 0 Å². The Hall–Kier alpha value is -0.575. The van der Waals surface area contributed by atoms with Gasteiger partial charge in [0, 0.05) is 18.1 Å². The lowest BCUT2D eigenvalue weighted by molar-refractivity contribution is 0.158. The summed E-state index contributed by atoms with van der Waals surface area (Å²) in [6, 6.07) is 0.768. The smallest absolute Gasteiger partial charge is 0.423 e. The molecule has 2 N–H and O–H groups in total. The van der Waals surface area contributed by atoms with Gasteiger partial charge in [0.15, 0.2) is 0 Å². The summed E-state index contributed by atoms with van der Waals surface area (Å²) in [5.41, 5.74) is 0.664. The summed E-state index contributed by atoms with van der Waals surface area (Å²) in [6.07, 6.45) is 5.68. The van der Waals surface area contributed by atoms with E-state index in [1.165, 1.54) is 0 Å². The molecule has 0 fully saturated rings.